The van der Waals surface area contributed by atoms with Crippen molar-refractivity contribution in [3.63, 3.8) is 0 Å². The molecule has 18 heavy (non-hydrogen) atoms. The molecule has 0 amide bonds. The highest BCUT2D eigenvalue weighted by Gasteiger charge is 2.10. The van der Waals surface area contributed by atoms with E-state index in [1.165, 1.54) is 5.56 Å². The van der Waals surface area contributed by atoms with E-state index in [4.69, 9.17) is 10.5 Å². The minimum Gasteiger partial charge on any atom is -0.491 e. The Bertz CT molecular complexity index is 333. The number of benzene rings is 1. The molecule has 0 bridgehead atoms. The van der Waals surface area contributed by atoms with E-state index in [1.807, 2.05) is 26.0 Å². The molecule has 0 aliphatic heterocycles. The minimum absolute atomic E-state index is 0.219. The van der Waals surface area contributed by atoms with Crippen LogP contribution in [0.15, 0.2) is 24.3 Å². The molecule has 3 heteroatoms. The molecule has 3 nitrogen and oxygen atoms in total. The van der Waals surface area contributed by atoms with Gasteiger partial charge in [0.25, 0.3) is 0 Å². The van der Waals surface area contributed by atoms with E-state index in [2.05, 4.69) is 31.3 Å². The van der Waals surface area contributed by atoms with Crippen molar-refractivity contribution in [1.82, 2.24) is 5.32 Å². The predicted molar refractivity (Wildman–Crippen MR) is 76.7 cm³/mol. The van der Waals surface area contributed by atoms with Crippen molar-refractivity contribution in [2.45, 2.75) is 46.4 Å². The monoisotopic (exact) mass is 250 g/mol. The van der Waals surface area contributed by atoms with Gasteiger partial charge in [0.15, 0.2) is 0 Å². The lowest BCUT2D eigenvalue weighted by molar-refractivity contribution is 0.242. The van der Waals surface area contributed by atoms with Gasteiger partial charge in [-0.15, -0.1) is 0 Å². The predicted octanol–water partition coefficient (Wildman–Crippen LogP) is 2.55. The van der Waals surface area contributed by atoms with Crippen LogP contribution in [0.3, 0.4) is 0 Å². The van der Waals surface area contributed by atoms with Crippen LogP contribution in [0.25, 0.3) is 0 Å². The van der Waals surface area contributed by atoms with Crippen LogP contribution in [0, 0.1) is 5.92 Å². The molecule has 102 valence electrons. The van der Waals surface area contributed by atoms with Gasteiger partial charge in [-0.1, -0.05) is 26.0 Å². The van der Waals surface area contributed by atoms with Gasteiger partial charge >= 0.3 is 0 Å². The molecule has 0 spiro atoms. The minimum atomic E-state index is 0.219. The molecule has 0 aliphatic carbocycles. The van der Waals surface area contributed by atoms with E-state index in [1.54, 1.807) is 0 Å². The third-order valence-electron chi connectivity index (χ3n) is 2.92. The summed E-state index contributed by atoms with van der Waals surface area (Å²) in [4.78, 5) is 0. The topological polar surface area (TPSA) is 47.3 Å². The largest absolute Gasteiger partial charge is 0.491 e. The summed E-state index contributed by atoms with van der Waals surface area (Å²) in [6.45, 7) is 9.95. The fraction of sp³-hybridized carbons (Fsp3) is 0.600. The summed E-state index contributed by atoms with van der Waals surface area (Å²) >= 11 is 0. The Hall–Kier alpha value is -1.06. The Morgan fingerprint density at radius 3 is 2.17 bits per heavy atom. The maximum Gasteiger partial charge on any atom is 0.119 e. The number of ether oxygens (including phenoxy) is 1. The second-order valence-corrected chi connectivity index (χ2v) is 5.28. The summed E-state index contributed by atoms with van der Waals surface area (Å²) in [5.74, 6) is 1.48. The second kappa shape index (κ2) is 7.39. The Kier molecular flexibility index (Phi) is 6.16. The van der Waals surface area contributed by atoms with Gasteiger partial charge in [-0.25, -0.2) is 0 Å². The Morgan fingerprint density at radius 1 is 1.11 bits per heavy atom. The molecule has 0 heterocycles. The molecular weight excluding hydrogens is 224 g/mol. The van der Waals surface area contributed by atoms with Crippen molar-refractivity contribution in [2.24, 2.45) is 11.7 Å². The van der Waals surface area contributed by atoms with Crippen molar-refractivity contribution < 1.29 is 4.74 Å². The standard InChI is InChI=1S/C15H26N2O/c1-11(2)15(9-16)17-10-13-5-7-14(8-6-13)18-12(3)4/h5-8,11-12,15,17H,9-10,16H2,1-4H3. The van der Waals surface area contributed by atoms with Crippen molar-refractivity contribution in [3.8, 4) is 5.75 Å². The number of nitrogens with one attached hydrogen (secondary N) is 1. The maximum absolute atomic E-state index is 5.73. The van der Waals surface area contributed by atoms with Crippen LogP contribution < -0.4 is 15.8 Å². The molecule has 0 saturated carbocycles. The van der Waals surface area contributed by atoms with Crippen LogP contribution in [-0.2, 0) is 6.54 Å². The van der Waals surface area contributed by atoms with Crippen molar-refractivity contribution in [2.75, 3.05) is 6.54 Å². The molecule has 0 radical (unpaired) electrons. The fourth-order valence-electron chi connectivity index (χ4n) is 1.80. The number of rotatable bonds is 7. The SMILES string of the molecule is CC(C)Oc1ccc(CNC(CN)C(C)C)cc1. The van der Waals surface area contributed by atoms with E-state index >= 15 is 0 Å². The first kappa shape index (κ1) is 15.0. The second-order valence-electron chi connectivity index (χ2n) is 5.28. The average Bonchev–Trinajstić information content (AvgIpc) is 2.31. The van der Waals surface area contributed by atoms with Gasteiger partial charge in [0.05, 0.1) is 6.10 Å². The van der Waals surface area contributed by atoms with E-state index in [-0.39, 0.29) is 6.10 Å². The molecule has 3 N–H and O–H groups in total. The first-order chi connectivity index (χ1) is 8.52. The lowest BCUT2D eigenvalue weighted by Gasteiger charge is -2.20. The zero-order valence-electron chi connectivity index (χ0n) is 11.9. The van der Waals surface area contributed by atoms with E-state index in [9.17, 15) is 0 Å². The van der Waals surface area contributed by atoms with Gasteiger partial charge in [-0.2, -0.15) is 0 Å². The lowest BCUT2D eigenvalue weighted by Crippen LogP contribution is -2.39. The first-order valence-electron chi connectivity index (χ1n) is 6.72. The van der Waals surface area contributed by atoms with Crippen LogP contribution in [0.4, 0.5) is 0 Å². The first-order valence-corrected chi connectivity index (χ1v) is 6.72. The molecule has 0 aliphatic rings. The van der Waals surface area contributed by atoms with E-state index in [0.29, 0.717) is 18.5 Å². The van der Waals surface area contributed by atoms with Gasteiger partial charge in [0.1, 0.15) is 5.75 Å². The quantitative estimate of drug-likeness (QED) is 0.782. The summed E-state index contributed by atoms with van der Waals surface area (Å²) in [5, 5.41) is 3.48. The van der Waals surface area contributed by atoms with E-state index < -0.39 is 0 Å². The summed E-state index contributed by atoms with van der Waals surface area (Å²) in [6.07, 6.45) is 0.219. The van der Waals surface area contributed by atoms with Gasteiger partial charge in [0, 0.05) is 19.1 Å². The van der Waals surface area contributed by atoms with Gasteiger partial charge in [-0.05, 0) is 37.5 Å². The molecular formula is C15H26N2O. The Labute approximate surface area is 111 Å². The summed E-state index contributed by atoms with van der Waals surface area (Å²) < 4.78 is 5.61. The van der Waals surface area contributed by atoms with Crippen molar-refractivity contribution >= 4 is 0 Å². The molecule has 0 fully saturated rings. The normalized spacial score (nSPS) is 13.1. The van der Waals surface area contributed by atoms with Gasteiger partial charge < -0.3 is 15.8 Å². The Balaban J connectivity index is 2.48. The number of nitrogens with two attached hydrogens (primary N) is 1. The van der Waals surface area contributed by atoms with Gasteiger partial charge in [-0.3, -0.25) is 0 Å². The maximum atomic E-state index is 5.73. The zero-order valence-corrected chi connectivity index (χ0v) is 11.9. The van der Waals surface area contributed by atoms with Crippen LogP contribution >= 0.6 is 0 Å². The van der Waals surface area contributed by atoms with Crippen LogP contribution in [0.2, 0.25) is 0 Å². The summed E-state index contributed by atoms with van der Waals surface area (Å²) in [7, 11) is 0. The van der Waals surface area contributed by atoms with Crippen LogP contribution in [0.5, 0.6) is 5.75 Å². The number of hydrogen-bond donors (Lipinski definition) is 2. The fourth-order valence-corrected chi connectivity index (χ4v) is 1.80. The highest BCUT2D eigenvalue weighted by atomic mass is 16.5. The molecule has 1 rings (SSSR count). The molecule has 1 aromatic carbocycles. The van der Waals surface area contributed by atoms with E-state index in [0.717, 1.165) is 12.3 Å². The molecule has 1 atom stereocenters. The van der Waals surface area contributed by atoms with Crippen LogP contribution in [0.1, 0.15) is 33.3 Å². The highest BCUT2D eigenvalue weighted by Crippen LogP contribution is 2.14. The smallest absolute Gasteiger partial charge is 0.119 e. The molecule has 0 saturated heterocycles. The zero-order chi connectivity index (χ0) is 13.5. The van der Waals surface area contributed by atoms with Gasteiger partial charge in [0.2, 0.25) is 0 Å². The third kappa shape index (κ3) is 5.07. The van der Waals surface area contributed by atoms with Crippen molar-refractivity contribution in [1.29, 1.82) is 0 Å². The summed E-state index contributed by atoms with van der Waals surface area (Å²) in [5.41, 5.74) is 6.99. The van der Waals surface area contributed by atoms with Crippen molar-refractivity contribution in [3.05, 3.63) is 29.8 Å². The molecule has 1 unspecified atom stereocenters. The molecule has 0 aromatic heterocycles. The van der Waals surface area contributed by atoms with Crippen LogP contribution in [-0.4, -0.2) is 18.7 Å². The highest BCUT2D eigenvalue weighted by molar-refractivity contribution is 5.27. The average molecular weight is 250 g/mol. The lowest BCUT2D eigenvalue weighted by atomic mass is 10.0. The number of hydrogen-bond acceptors (Lipinski definition) is 3. The Morgan fingerprint density at radius 2 is 1.72 bits per heavy atom. The summed E-state index contributed by atoms with van der Waals surface area (Å²) in [6, 6.07) is 8.60. The molecule has 1 aromatic rings. The third-order valence-corrected chi connectivity index (χ3v) is 2.92.